The number of phenols is 1. The Labute approximate surface area is 75.8 Å². The summed E-state index contributed by atoms with van der Waals surface area (Å²) in [4.78, 5) is 11.1. The average Bonchev–Trinajstić information content (AvgIpc) is 1.96. The first kappa shape index (κ1) is 8.93. The molecule has 0 fully saturated rings. The highest BCUT2D eigenvalue weighted by atomic mass is 32.1. The Morgan fingerprint density at radius 1 is 1.58 bits per heavy atom. The summed E-state index contributed by atoms with van der Waals surface area (Å²) in [5.74, 6) is -0.106. The lowest BCUT2D eigenvalue weighted by atomic mass is 10.3. The molecule has 0 aliphatic rings. The maximum atomic E-state index is 10.6. The first-order chi connectivity index (χ1) is 5.59. The minimum Gasteiger partial charge on any atom is -0.507 e. The van der Waals surface area contributed by atoms with Crippen molar-refractivity contribution in [3.63, 3.8) is 0 Å². The number of hydrogen-bond donors (Lipinski definition) is 3. The molecule has 0 saturated carbocycles. The van der Waals surface area contributed by atoms with Crippen molar-refractivity contribution < 1.29 is 9.90 Å². The number of hydrogen-bond acceptors (Lipinski definition) is 3. The van der Waals surface area contributed by atoms with Crippen molar-refractivity contribution in [2.45, 2.75) is 11.8 Å². The monoisotopic (exact) mass is 183 g/mol. The lowest BCUT2D eigenvalue weighted by molar-refractivity contribution is -0.114. The zero-order chi connectivity index (χ0) is 9.14. The fourth-order valence-electron chi connectivity index (χ4n) is 0.804. The molecule has 0 atom stereocenters. The third-order valence-electron chi connectivity index (χ3n) is 1.30. The van der Waals surface area contributed by atoms with Gasteiger partial charge in [-0.1, -0.05) is 0 Å². The van der Waals surface area contributed by atoms with E-state index in [4.69, 9.17) is 0 Å². The van der Waals surface area contributed by atoms with Gasteiger partial charge in [0.05, 0.1) is 0 Å². The molecule has 0 aromatic heterocycles. The summed E-state index contributed by atoms with van der Waals surface area (Å²) in [6.07, 6.45) is 0. The van der Waals surface area contributed by atoms with Gasteiger partial charge in [0.15, 0.2) is 0 Å². The van der Waals surface area contributed by atoms with Gasteiger partial charge in [0.25, 0.3) is 0 Å². The fraction of sp³-hybridized carbons (Fsp3) is 0.125. The molecule has 2 N–H and O–H groups in total. The predicted octanol–water partition coefficient (Wildman–Crippen LogP) is 1.64. The summed E-state index contributed by atoms with van der Waals surface area (Å²) in [6, 6.07) is 4.73. The van der Waals surface area contributed by atoms with E-state index in [1.54, 1.807) is 12.1 Å². The largest absolute Gasteiger partial charge is 0.507 e. The molecule has 0 bridgehead atoms. The summed E-state index contributed by atoms with van der Waals surface area (Å²) in [5.41, 5.74) is 0.567. The smallest absolute Gasteiger partial charge is 0.221 e. The van der Waals surface area contributed by atoms with Crippen molar-refractivity contribution in [3.05, 3.63) is 18.2 Å². The van der Waals surface area contributed by atoms with E-state index in [9.17, 15) is 9.90 Å². The van der Waals surface area contributed by atoms with E-state index in [2.05, 4.69) is 17.9 Å². The van der Waals surface area contributed by atoms with E-state index < -0.39 is 0 Å². The number of rotatable bonds is 1. The number of nitrogens with one attached hydrogen (secondary N) is 1. The quantitative estimate of drug-likeness (QED) is 0.580. The Balaban J connectivity index is 2.89. The van der Waals surface area contributed by atoms with Crippen LogP contribution in [-0.4, -0.2) is 11.0 Å². The zero-order valence-electron chi connectivity index (χ0n) is 6.53. The topological polar surface area (TPSA) is 49.3 Å². The second kappa shape index (κ2) is 3.49. The summed E-state index contributed by atoms with van der Waals surface area (Å²) >= 11 is 3.97. The average molecular weight is 183 g/mol. The molecular formula is C8H9NO2S. The Kier molecular flexibility index (Phi) is 2.60. The van der Waals surface area contributed by atoms with Crippen molar-refractivity contribution in [1.29, 1.82) is 0 Å². The molecule has 64 valence electrons. The van der Waals surface area contributed by atoms with Gasteiger partial charge in [-0.25, -0.2) is 0 Å². The minimum absolute atomic E-state index is 0.0598. The summed E-state index contributed by atoms with van der Waals surface area (Å²) in [5, 5.41) is 11.7. The van der Waals surface area contributed by atoms with Crippen molar-refractivity contribution in [2.24, 2.45) is 0 Å². The zero-order valence-corrected chi connectivity index (χ0v) is 7.43. The maximum absolute atomic E-state index is 10.6. The maximum Gasteiger partial charge on any atom is 0.221 e. The second-order valence-electron chi connectivity index (χ2n) is 2.38. The van der Waals surface area contributed by atoms with Crippen LogP contribution in [-0.2, 0) is 4.79 Å². The van der Waals surface area contributed by atoms with E-state index in [1.807, 2.05) is 0 Å². The van der Waals surface area contributed by atoms with Crippen LogP contribution >= 0.6 is 12.6 Å². The summed E-state index contributed by atoms with van der Waals surface area (Å²) < 4.78 is 0. The Hall–Kier alpha value is -1.16. The fourth-order valence-corrected chi connectivity index (χ4v) is 0.944. The molecule has 1 amide bonds. The van der Waals surface area contributed by atoms with Gasteiger partial charge in [-0.3, -0.25) is 4.79 Å². The highest BCUT2D eigenvalue weighted by molar-refractivity contribution is 7.80. The van der Waals surface area contributed by atoms with Crippen molar-refractivity contribution in [3.8, 4) is 5.75 Å². The normalized spacial score (nSPS) is 9.50. The number of anilines is 1. The van der Waals surface area contributed by atoms with E-state index in [-0.39, 0.29) is 11.7 Å². The standard InChI is InChI=1S/C8H9NO2S/c1-5(10)9-6-2-3-8(12)7(11)4-6/h2-4,11-12H,1H3,(H,9,10). The number of phenolic OH excluding ortho intramolecular Hbond substituents is 1. The molecule has 12 heavy (non-hydrogen) atoms. The van der Waals surface area contributed by atoms with Crippen LogP contribution in [0.25, 0.3) is 0 Å². The number of carbonyl (C=O) groups is 1. The minimum atomic E-state index is -0.165. The highest BCUT2D eigenvalue weighted by Gasteiger charge is 1.99. The van der Waals surface area contributed by atoms with E-state index in [1.165, 1.54) is 13.0 Å². The van der Waals surface area contributed by atoms with Gasteiger partial charge in [0, 0.05) is 23.6 Å². The van der Waals surface area contributed by atoms with E-state index >= 15 is 0 Å². The van der Waals surface area contributed by atoms with Crippen LogP contribution in [0, 0.1) is 0 Å². The molecule has 1 aromatic carbocycles. The van der Waals surface area contributed by atoms with E-state index in [0.717, 1.165) is 0 Å². The third-order valence-corrected chi connectivity index (χ3v) is 1.67. The van der Waals surface area contributed by atoms with Crippen LogP contribution in [0.2, 0.25) is 0 Å². The molecule has 3 nitrogen and oxygen atoms in total. The Morgan fingerprint density at radius 2 is 2.25 bits per heavy atom. The third kappa shape index (κ3) is 2.17. The van der Waals surface area contributed by atoms with Gasteiger partial charge in [-0.15, -0.1) is 12.6 Å². The van der Waals surface area contributed by atoms with Gasteiger partial charge in [0.2, 0.25) is 5.91 Å². The highest BCUT2D eigenvalue weighted by Crippen LogP contribution is 2.24. The van der Waals surface area contributed by atoms with Crippen LogP contribution < -0.4 is 5.32 Å². The number of carbonyl (C=O) groups excluding carboxylic acids is 1. The Bertz CT molecular complexity index is 312. The summed E-state index contributed by atoms with van der Waals surface area (Å²) in [6.45, 7) is 1.41. The molecule has 0 radical (unpaired) electrons. The van der Waals surface area contributed by atoms with Crippen molar-refractivity contribution >= 4 is 24.2 Å². The number of aromatic hydroxyl groups is 1. The molecule has 4 heteroatoms. The van der Waals surface area contributed by atoms with Crippen LogP contribution in [0.5, 0.6) is 5.75 Å². The second-order valence-corrected chi connectivity index (χ2v) is 2.87. The van der Waals surface area contributed by atoms with Crippen molar-refractivity contribution in [1.82, 2.24) is 0 Å². The van der Waals surface area contributed by atoms with E-state index in [0.29, 0.717) is 10.6 Å². The van der Waals surface area contributed by atoms with Gasteiger partial charge < -0.3 is 10.4 Å². The van der Waals surface area contributed by atoms with Crippen molar-refractivity contribution in [2.75, 3.05) is 5.32 Å². The van der Waals surface area contributed by atoms with Crippen LogP contribution in [0.1, 0.15) is 6.92 Å². The van der Waals surface area contributed by atoms with Gasteiger partial charge >= 0.3 is 0 Å². The molecule has 0 aliphatic heterocycles. The first-order valence-corrected chi connectivity index (χ1v) is 3.84. The lowest BCUT2D eigenvalue weighted by Gasteiger charge is -2.03. The molecule has 0 heterocycles. The Morgan fingerprint density at radius 3 is 2.75 bits per heavy atom. The molecule has 0 unspecified atom stereocenters. The first-order valence-electron chi connectivity index (χ1n) is 3.39. The molecule has 0 aliphatic carbocycles. The molecule has 0 spiro atoms. The van der Waals surface area contributed by atoms with Crippen LogP contribution in [0.3, 0.4) is 0 Å². The molecule has 0 saturated heterocycles. The molecule has 1 aromatic rings. The van der Waals surface area contributed by atoms with Gasteiger partial charge in [-0.2, -0.15) is 0 Å². The molecular weight excluding hydrogens is 174 g/mol. The number of benzene rings is 1. The number of amides is 1. The lowest BCUT2D eigenvalue weighted by Crippen LogP contribution is -2.05. The molecule has 1 rings (SSSR count). The van der Waals surface area contributed by atoms with Gasteiger partial charge in [0.1, 0.15) is 5.75 Å². The summed E-state index contributed by atoms with van der Waals surface area (Å²) in [7, 11) is 0. The van der Waals surface area contributed by atoms with Crippen LogP contribution in [0.4, 0.5) is 5.69 Å². The van der Waals surface area contributed by atoms with Crippen LogP contribution in [0.15, 0.2) is 23.1 Å². The predicted molar refractivity (Wildman–Crippen MR) is 49.7 cm³/mol. The number of thiol groups is 1. The van der Waals surface area contributed by atoms with Gasteiger partial charge in [-0.05, 0) is 12.1 Å². The SMILES string of the molecule is CC(=O)Nc1ccc(S)c(O)c1.